The van der Waals surface area contributed by atoms with Gasteiger partial charge in [0, 0.05) is 27.5 Å². The van der Waals surface area contributed by atoms with Crippen LogP contribution in [0.5, 0.6) is 0 Å². The third kappa shape index (κ3) is 7.38. The van der Waals surface area contributed by atoms with Crippen LogP contribution >= 0.6 is 15.9 Å². The average Bonchev–Trinajstić information content (AvgIpc) is 3.33. The second-order valence-electron chi connectivity index (χ2n) is 11.7. The highest BCUT2D eigenvalue weighted by atomic mass is 79.9. The van der Waals surface area contributed by atoms with E-state index >= 15 is 0 Å². The van der Waals surface area contributed by atoms with Gasteiger partial charge < -0.3 is 31.4 Å². The van der Waals surface area contributed by atoms with Gasteiger partial charge in [-0.25, -0.2) is 4.79 Å². The number of carbonyl (C=O) groups is 4. The van der Waals surface area contributed by atoms with Crippen molar-refractivity contribution < 1.29 is 23.9 Å². The SMILES string of the molecule is CC[C@H](C)[C@H](NC(=O)OCc1ccccc1)C(=O)N[C@@]1(C(=O)N[C@H](C(N)=O)C(C)C)CCc2[nH]c3ccc(Br)cc3c2C1. The molecule has 2 aromatic carbocycles. The molecule has 4 amide bonds. The molecule has 1 aliphatic carbocycles. The number of benzene rings is 2. The van der Waals surface area contributed by atoms with Gasteiger partial charge in [-0.05, 0) is 54.0 Å². The molecule has 0 bridgehead atoms. The Bertz CT molecular complexity index is 1490. The van der Waals surface area contributed by atoms with Gasteiger partial charge in [0.25, 0.3) is 0 Å². The van der Waals surface area contributed by atoms with Crippen LogP contribution in [0, 0.1) is 11.8 Å². The highest BCUT2D eigenvalue weighted by molar-refractivity contribution is 9.10. The minimum Gasteiger partial charge on any atom is -0.445 e. The number of halogens is 1. The van der Waals surface area contributed by atoms with Crippen LogP contribution in [-0.4, -0.2) is 46.4 Å². The number of H-pyrrole nitrogens is 1. The van der Waals surface area contributed by atoms with Gasteiger partial charge in [-0.1, -0.05) is 80.4 Å². The molecule has 0 spiro atoms. The van der Waals surface area contributed by atoms with E-state index in [0.29, 0.717) is 12.8 Å². The van der Waals surface area contributed by atoms with Crippen LogP contribution in [0.15, 0.2) is 53.0 Å². The number of aromatic nitrogens is 1. The number of aryl methyl sites for hydroxylation is 1. The third-order valence-corrected chi connectivity index (χ3v) is 8.77. The van der Waals surface area contributed by atoms with E-state index < -0.39 is 41.4 Å². The van der Waals surface area contributed by atoms with Crippen molar-refractivity contribution in [2.24, 2.45) is 17.6 Å². The maximum atomic E-state index is 14.1. The molecule has 3 aromatic rings. The van der Waals surface area contributed by atoms with Gasteiger partial charge in [-0.2, -0.15) is 0 Å². The fourth-order valence-electron chi connectivity index (χ4n) is 5.53. The standard InChI is InChI=1S/C32H40BrN5O5/c1-5-19(4)27(37-31(42)43-17-20-9-7-6-8-10-20)29(40)38-32(30(41)36-26(18(2)3)28(34)39)14-13-25-23(16-32)22-15-21(33)11-12-24(22)35-25/h6-12,15,18-19,26-27,35H,5,13-14,16-17H2,1-4H3,(H2,34,39)(H,36,41)(H,37,42)(H,38,40)/t19-,26-,27-,32-/m0/s1. The van der Waals surface area contributed by atoms with Crippen LogP contribution in [0.25, 0.3) is 10.9 Å². The zero-order valence-electron chi connectivity index (χ0n) is 25.0. The number of rotatable bonds is 11. The summed E-state index contributed by atoms with van der Waals surface area (Å²) in [5.74, 6) is -2.18. The molecule has 10 nitrogen and oxygen atoms in total. The average molecular weight is 655 g/mol. The number of aromatic amines is 1. The summed E-state index contributed by atoms with van der Waals surface area (Å²) in [4.78, 5) is 56.5. The van der Waals surface area contributed by atoms with E-state index in [-0.39, 0.29) is 31.3 Å². The number of carbonyl (C=O) groups excluding carboxylic acids is 4. The molecule has 0 radical (unpaired) electrons. The lowest BCUT2D eigenvalue weighted by Gasteiger charge is -2.39. The summed E-state index contributed by atoms with van der Waals surface area (Å²) in [7, 11) is 0. The monoisotopic (exact) mass is 653 g/mol. The first-order valence-corrected chi connectivity index (χ1v) is 15.4. The van der Waals surface area contributed by atoms with Crippen LogP contribution < -0.4 is 21.7 Å². The summed E-state index contributed by atoms with van der Waals surface area (Å²) in [5.41, 5.74) is 7.87. The zero-order valence-corrected chi connectivity index (χ0v) is 26.5. The van der Waals surface area contributed by atoms with Crippen molar-refractivity contribution in [2.45, 2.75) is 77.6 Å². The maximum Gasteiger partial charge on any atom is 0.408 e. The second kappa shape index (κ2) is 13.6. The van der Waals surface area contributed by atoms with Crippen LogP contribution in [0.4, 0.5) is 4.79 Å². The molecule has 1 heterocycles. The molecule has 4 rings (SSSR count). The highest BCUT2D eigenvalue weighted by Crippen LogP contribution is 2.36. The molecule has 1 aromatic heterocycles. The number of ether oxygens (including phenoxy) is 1. The molecule has 0 saturated carbocycles. The topological polar surface area (TPSA) is 155 Å². The summed E-state index contributed by atoms with van der Waals surface area (Å²) in [6.45, 7) is 7.41. The lowest BCUT2D eigenvalue weighted by Crippen LogP contribution is -2.67. The van der Waals surface area contributed by atoms with Gasteiger partial charge in [0.2, 0.25) is 17.7 Å². The Hall–Kier alpha value is -3.86. The van der Waals surface area contributed by atoms with Crippen molar-refractivity contribution in [1.29, 1.82) is 0 Å². The lowest BCUT2D eigenvalue weighted by atomic mass is 9.78. The molecule has 0 unspecified atom stereocenters. The Morgan fingerprint density at radius 1 is 1.05 bits per heavy atom. The first kappa shape index (κ1) is 32.1. The van der Waals surface area contributed by atoms with Gasteiger partial charge in [0.05, 0.1) is 0 Å². The van der Waals surface area contributed by atoms with Crippen molar-refractivity contribution >= 4 is 50.6 Å². The fraction of sp³-hybridized carbons (Fsp3) is 0.438. The molecule has 43 heavy (non-hydrogen) atoms. The van der Waals surface area contributed by atoms with Crippen molar-refractivity contribution in [2.75, 3.05) is 0 Å². The summed E-state index contributed by atoms with van der Waals surface area (Å²) in [6, 6.07) is 13.2. The Morgan fingerprint density at radius 2 is 1.77 bits per heavy atom. The number of nitrogens with two attached hydrogens (primary N) is 1. The number of alkyl carbamates (subject to hydrolysis) is 1. The van der Waals surface area contributed by atoms with E-state index in [1.54, 1.807) is 13.8 Å². The largest absolute Gasteiger partial charge is 0.445 e. The molecule has 1 aliphatic rings. The van der Waals surface area contributed by atoms with Gasteiger partial charge in [0.1, 0.15) is 24.2 Å². The maximum absolute atomic E-state index is 14.1. The Balaban J connectivity index is 1.63. The van der Waals surface area contributed by atoms with Crippen molar-refractivity contribution in [3.63, 3.8) is 0 Å². The predicted octanol–water partition coefficient (Wildman–Crippen LogP) is 4.24. The molecule has 0 saturated heterocycles. The zero-order chi connectivity index (χ0) is 31.3. The van der Waals surface area contributed by atoms with Crippen molar-refractivity contribution in [1.82, 2.24) is 20.9 Å². The van der Waals surface area contributed by atoms with Crippen LogP contribution in [0.1, 0.15) is 57.4 Å². The van der Waals surface area contributed by atoms with E-state index in [9.17, 15) is 19.2 Å². The fourth-order valence-corrected chi connectivity index (χ4v) is 5.89. The predicted molar refractivity (Wildman–Crippen MR) is 168 cm³/mol. The van der Waals surface area contributed by atoms with E-state index in [2.05, 4.69) is 36.9 Å². The molecule has 0 aliphatic heterocycles. The first-order valence-electron chi connectivity index (χ1n) is 14.6. The number of fused-ring (bicyclic) bond motifs is 3. The Morgan fingerprint density at radius 3 is 2.42 bits per heavy atom. The third-order valence-electron chi connectivity index (χ3n) is 8.28. The van der Waals surface area contributed by atoms with E-state index in [1.807, 2.05) is 62.4 Å². The number of hydrogen-bond donors (Lipinski definition) is 5. The summed E-state index contributed by atoms with van der Waals surface area (Å²) < 4.78 is 6.28. The molecule has 4 atom stereocenters. The first-order chi connectivity index (χ1) is 20.4. The van der Waals surface area contributed by atoms with Crippen LogP contribution in [0.2, 0.25) is 0 Å². The van der Waals surface area contributed by atoms with Gasteiger partial charge >= 0.3 is 6.09 Å². The minimum atomic E-state index is -1.40. The summed E-state index contributed by atoms with van der Waals surface area (Å²) >= 11 is 3.53. The van der Waals surface area contributed by atoms with E-state index in [1.165, 1.54) is 0 Å². The van der Waals surface area contributed by atoms with Crippen LogP contribution in [0.3, 0.4) is 0 Å². The van der Waals surface area contributed by atoms with Gasteiger partial charge in [-0.3, -0.25) is 14.4 Å². The quantitative estimate of drug-likeness (QED) is 0.209. The molecule has 6 N–H and O–H groups in total. The highest BCUT2D eigenvalue weighted by Gasteiger charge is 2.46. The molecule has 230 valence electrons. The minimum absolute atomic E-state index is 0.0521. The van der Waals surface area contributed by atoms with Crippen molar-refractivity contribution in [3.05, 3.63) is 69.8 Å². The molecular formula is C32H40BrN5O5. The second-order valence-corrected chi connectivity index (χ2v) is 12.6. The number of nitrogens with one attached hydrogen (secondary N) is 4. The lowest BCUT2D eigenvalue weighted by molar-refractivity contribution is -0.137. The normalized spacial score (nSPS) is 18.3. The van der Waals surface area contributed by atoms with E-state index in [4.69, 9.17) is 10.5 Å². The van der Waals surface area contributed by atoms with Gasteiger partial charge in [-0.15, -0.1) is 0 Å². The number of hydrogen-bond acceptors (Lipinski definition) is 5. The smallest absolute Gasteiger partial charge is 0.408 e. The number of amides is 4. The summed E-state index contributed by atoms with van der Waals surface area (Å²) in [5, 5.41) is 9.49. The van der Waals surface area contributed by atoms with Crippen molar-refractivity contribution in [3.8, 4) is 0 Å². The molecule has 11 heteroatoms. The Kier molecular flexibility index (Phi) is 10.2. The number of primary amides is 1. The van der Waals surface area contributed by atoms with Crippen LogP contribution in [-0.2, 0) is 38.6 Å². The molecule has 0 fully saturated rings. The summed E-state index contributed by atoms with van der Waals surface area (Å²) in [6.07, 6.45) is 0.808. The molecular weight excluding hydrogens is 614 g/mol. The Labute approximate surface area is 260 Å². The van der Waals surface area contributed by atoms with E-state index in [0.717, 1.165) is 32.2 Å². The van der Waals surface area contributed by atoms with Gasteiger partial charge in [0.15, 0.2) is 0 Å².